The Kier molecular flexibility index (Phi) is 2.89. The van der Waals surface area contributed by atoms with E-state index in [9.17, 15) is 4.79 Å². The molecule has 1 saturated carbocycles. The van der Waals surface area contributed by atoms with Crippen LogP contribution in [-0.2, 0) is 0 Å². The van der Waals surface area contributed by atoms with Crippen LogP contribution in [0.5, 0.6) is 0 Å². The van der Waals surface area contributed by atoms with Crippen LogP contribution in [0.25, 0.3) is 10.4 Å². The summed E-state index contributed by atoms with van der Waals surface area (Å²) in [7, 11) is 0. The zero-order valence-corrected chi connectivity index (χ0v) is 13.1. The van der Waals surface area contributed by atoms with Crippen molar-refractivity contribution in [3.8, 4) is 10.4 Å². The number of benzene rings is 1. The van der Waals surface area contributed by atoms with E-state index >= 15 is 0 Å². The molecule has 1 aromatic carbocycles. The molecular formula is C17H18N2OS. The van der Waals surface area contributed by atoms with Gasteiger partial charge in [-0.2, -0.15) is 0 Å². The topological polar surface area (TPSA) is 33.2 Å². The van der Waals surface area contributed by atoms with Crippen molar-refractivity contribution in [3.05, 3.63) is 41.0 Å². The van der Waals surface area contributed by atoms with Gasteiger partial charge in [0.1, 0.15) is 5.69 Å². The molecule has 1 saturated heterocycles. The third-order valence-electron chi connectivity index (χ3n) is 4.57. The van der Waals surface area contributed by atoms with E-state index in [1.165, 1.54) is 6.42 Å². The van der Waals surface area contributed by atoms with E-state index in [4.69, 9.17) is 0 Å². The second-order valence-electron chi connectivity index (χ2n) is 6.14. The molecule has 0 bridgehead atoms. The minimum absolute atomic E-state index is 0.121. The second-order valence-corrected chi connectivity index (χ2v) is 7.34. The molecule has 1 aliphatic heterocycles. The van der Waals surface area contributed by atoms with Crippen LogP contribution in [0.15, 0.2) is 30.3 Å². The Morgan fingerprint density at radius 3 is 2.71 bits per heavy atom. The van der Waals surface area contributed by atoms with Crippen molar-refractivity contribution >= 4 is 17.2 Å². The van der Waals surface area contributed by atoms with Gasteiger partial charge in [-0.15, -0.1) is 11.3 Å². The van der Waals surface area contributed by atoms with Gasteiger partial charge in [-0.1, -0.05) is 30.3 Å². The fourth-order valence-corrected chi connectivity index (χ4v) is 4.45. The van der Waals surface area contributed by atoms with Crippen LogP contribution in [0.3, 0.4) is 0 Å². The number of nitrogens with zero attached hydrogens (tertiary/aromatic N) is 2. The molecule has 1 aromatic heterocycles. The zero-order valence-electron chi connectivity index (χ0n) is 12.2. The first-order valence-corrected chi connectivity index (χ1v) is 8.32. The number of fused-ring (bicyclic) bond motifs is 1. The standard InChI is InChI=1S/C17H18N2OS/c1-10-8-13-9-14(13)19(10)17(20)15-16(21-11(2)18-15)12-6-4-3-5-7-12/h3-7,10,13-14H,8-9H2,1-2H3/t10-,13+,14-/m0/s1. The minimum atomic E-state index is 0.121. The fourth-order valence-electron chi connectivity index (χ4n) is 3.53. The number of carbonyl (C=O) groups is 1. The molecule has 4 rings (SSSR count). The molecule has 3 nitrogen and oxygen atoms in total. The first kappa shape index (κ1) is 13.0. The van der Waals surface area contributed by atoms with Crippen LogP contribution >= 0.6 is 11.3 Å². The number of piperidine rings is 1. The van der Waals surface area contributed by atoms with Gasteiger partial charge in [0.05, 0.1) is 9.88 Å². The van der Waals surface area contributed by atoms with E-state index < -0.39 is 0 Å². The van der Waals surface area contributed by atoms with Crippen LogP contribution in [0, 0.1) is 12.8 Å². The van der Waals surface area contributed by atoms with Crippen LogP contribution in [-0.4, -0.2) is 27.9 Å². The lowest BCUT2D eigenvalue weighted by atomic mass is 10.1. The molecule has 2 heterocycles. The van der Waals surface area contributed by atoms with Gasteiger partial charge < -0.3 is 4.90 Å². The van der Waals surface area contributed by atoms with E-state index in [0.717, 1.165) is 27.8 Å². The third-order valence-corrected chi connectivity index (χ3v) is 5.59. The zero-order chi connectivity index (χ0) is 14.6. The summed E-state index contributed by atoms with van der Waals surface area (Å²) in [6.45, 7) is 4.13. The van der Waals surface area contributed by atoms with Gasteiger partial charge in [0.15, 0.2) is 0 Å². The molecule has 2 aromatic rings. The molecule has 2 aliphatic rings. The van der Waals surface area contributed by atoms with Gasteiger partial charge in [0, 0.05) is 12.1 Å². The molecule has 1 aliphatic carbocycles. The van der Waals surface area contributed by atoms with Gasteiger partial charge in [-0.05, 0) is 38.2 Å². The lowest BCUT2D eigenvalue weighted by molar-refractivity contribution is 0.0709. The molecule has 4 heteroatoms. The Bertz CT molecular complexity index is 692. The Morgan fingerprint density at radius 2 is 2.05 bits per heavy atom. The first-order chi connectivity index (χ1) is 10.1. The highest BCUT2D eigenvalue weighted by Crippen LogP contribution is 2.48. The Labute approximate surface area is 128 Å². The number of likely N-dealkylation sites (tertiary alicyclic amines) is 1. The molecule has 3 atom stereocenters. The number of hydrogen-bond donors (Lipinski definition) is 0. The summed E-state index contributed by atoms with van der Waals surface area (Å²) in [5.74, 6) is 0.861. The van der Waals surface area contributed by atoms with Crippen molar-refractivity contribution in [2.75, 3.05) is 0 Å². The van der Waals surface area contributed by atoms with Crippen LogP contribution in [0.4, 0.5) is 0 Å². The average molecular weight is 298 g/mol. The molecule has 0 spiro atoms. The predicted molar refractivity (Wildman–Crippen MR) is 84.4 cm³/mol. The molecular weight excluding hydrogens is 280 g/mol. The summed E-state index contributed by atoms with van der Waals surface area (Å²) in [4.78, 5) is 20.6. The van der Waals surface area contributed by atoms with E-state index in [-0.39, 0.29) is 5.91 Å². The quantitative estimate of drug-likeness (QED) is 0.846. The maximum atomic E-state index is 13.0. The molecule has 2 fully saturated rings. The molecule has 21 heavy (non-hydrogen) atoms. The van der Waals surface area contributed by atoms with Crippen molar-refractivity contribution in [2.24, 2.45) is 5.92 Å². The summed E-state index contributed by atoms with van der Waals surface area (Å²) in [6, 6.07) is 10.9. The number of carbonyl (C=O) groups excluding carboxylic acids is 1. The summed E-state index contributed by atoms with van der Waals surface area (Å²) < 4.78 is 0. The summed E-state index contributed by atoms with van der Waals surface area (Å²) in [5, 5.41) is 0.955. The normalized spacial score (nSPS) is 26.8. The maximum absolute atomic E-state index is 13.0. The van der Waals surface area contributed by atoms with Gasteiger partial charge in [-0.25, -0.2) is 4.98 Å². The largest absolute Gasteiger partial charge is 0.331 e. The van der Waals surface area contributed by atoms with Crippen LogP contribution in [0.1, 0.15) is 35.3 Å². The molecule has 0 N–H and O–H groups in total. The van der Waals surface area contributed by atoms with E-state index in [1.807, 2.05) is 25.1 Å². The summed E-state index contributed by atoms with van der Waals surface area (Å²) in [6.07, 6.45) is 2.33. The summed E-state index contributed by atoms with van der Waals surface area (Å²) in [5.41, 5.74) is 1.73. The highest BCUT2D eigenvalue weighted by atomic mass is 32.1. The molecule has 1 amide bonds. The number of amides is 1. The average Bonchev–Trinajstić information content (AvgIpc) is 2.97. The molecule has 108 valence electrons. The van der Waals surface area contributed by atoms with Crippen molar-refractivity contribution in [1.82, 2.24) is 9.88 Å². The second kappa shape index (κ2) is 4.67. The first-order valence-electron chi connectivity index (χ1n) is 7.50. The SMILES string of the molecule is Cc1nc(C(=O)N2[C@@H](C)C[C@@H]3C[C@@H]32)c(-c2ccccc2)s1. The Balaban J connectivity index is 1.74. The van der Waals surface area contributed by atoms with Gasteiger partial charge in [0.25, 0.3) is 5.91 Å². The maximum Gasteiger partial charge on any atom is 0.274 e. The highest BCUT2D eigenvalue weighted by Gasteiger charge is 2.53. The minimum Gasteiger partial charge on any atom is -0.331 e. The van der Waals surface area contributed by atoms with Gasteiger partial charge in [-0.3, -0.25) is 4.79 Å². The van der Waals surface area contributed by atoms with Crippen molar-refractivity contribution < 1.29 is 4.79 Å². The Morgan fingerprint density at radius 1 is 1.29 bits per heavy atom. The predicted octanol–water partition coefficient (Wildman–Crippen LogP) is 3.74. The van der Waals surface area contributed by atoms with Crippen molar-refractivity contribution in [2.45, 2.75) is 38.8 Å². The highest BCUT2D eigenvalue weighted by molar-refractivity contribution is 7.15. The number of hydrogen-bond acceptors (Lipinski definition) is 3. The number of aryl methyl sites for hydroxylation is 1. The fraction of sp³-hybridized carbons (Fsp3) is 0.412. The number of thiazole rings is 1. The van der Waals surface area contributed by atoms with E-state index in [0.29, 0.717) is 17.8 Å². The monoisotopic (exact) mass is 298 g/mol. The lowest BCUT2D eigenvalue weighted by Crippen LogP contribution is -2.37. The van der Waals surface area contributed by atoms with E-state index in [1.54, 1.807) is 11.3 Å². The molecule has 0 radical (unpaired) electrons. The lowest BCUT2D eigenvalue weighted by Gasteiger charge is -2.24. The number of aromatic nitrogens is 1. The molecule has 0 unspecified atom stereocenters. The van der Waals surface area contributed by atoms with E-state index in [2.05, 4.69) is 28.9 Å². The van der Waals surface area contributed by atoms with Crippen LogP contribution < -0.4 is 0 Å². The smallest absolute Gasteiger partial charge is 0.274 e. The third kappa shape index (κ3) is 2.09. The van der Waals surface area contributed by atoms with Gasteiger partial charge in [0.2, 0.25) is 0 Å². The Hall–Kier alpha value is -1.68. The van der Waals surface area contributed by atoms with Crippen molar-refractivity contribution in [1.29, 1.82) is 0 Å². The summed E-state index contributed by atoms with van der Waals surface area (Å²) >= 11 is 1.61. The van der Waals surface area contributed by atoms with Crippen molar-refractivity contribution in [3.63, 3.8) is 0 Å². The van der Waals surface area contributed by atoms with Gasteiger partial charge >= 0.3 is 0 Å². The number of rotatable bonds is 2. The van der Waals surface area contributed by atoms with Crippen LogP contribution in [0.2, 0.25) is 0 Å².